The van der Waals surface area contributed by atoms with Gasteiger partial charge < -0.3 is 9.52 Å². The molecule has 0 aliphatic heterocycles. The Bertz CT molecular complexity index is 631. The Kier molecular flexibility index (Phi) is 3.41. The molecule has 2 rings (SSSR count). The van der Waals surface area contributed by atoms with Crippen molar-refractivity contribution in [3.05, 3.63) is 57.5 Å². The van der Waals surface area contributed by atoms with Crippen molar-refractivity contribution in [1.29, 1.82) is 0 Å². The summed E-state index contributed by atoms with van der Waals surface area (Å²) < 4.78 is 4.91. The number of halogens is 2. The second-order valence-corrected chi connectivity index (χ2v) is 4.27. The summed E-state index contributed by atoms with van der Waals surface area (Å²) in [5.41, 5.74) is 0.162. The van der Waals surface area contributed by atoms with E-state index in [1.165, 1.54) is 24.3 Å². The summed E-state index contributed by atoms with van der Waals surface area (Å²) in [6, 6.07) is 6.91. The Balaban J connectivity index is 2.41. The molecule has 1 N–H and O–H groups in total. The van der Waals surface area contributed by atoms with Gasteiger partial charge in [0.2, 0.25) is 11.5 Å². The molecule has 0 fully saturated rings. The van der Waals surface area contributed by atoms with Crippen LogP contribution >= 0.6 is 23.2 Å². The highest BCUT2D eigenvalue weighted by molar-refractivity contribution is 6.36. The lowest BCUT2D eigenvalue weighted by Crippen LogP contribution is -2.01. The number of carbonyl (C=O) groups excluding carboxylic acids is 1. The van der Waals surface area contributed by atoms with Gasteiger partial charge in [-0.25, -0.2) is 4.79 Å². The zero-order valence-electron chi connectivity index (χ0n) is 8.81. The maximum Gasteiger partial charge on any atom is 0.371 e. The fourth-order valence-corrected chi connectivity index (χ4v) is 1.75. The Morgan fingerprint density at radius 3 is 2.33 bits per heavy atom. The third-order valence-corrected chi connectivity index (χ3v) is 2.78. The van der Waals surface area contributed by atoms with Crippen LogP contribution in [0, 0.1) is 0 Å². The second-order valence-electron chi connectivity index (χ2n) is 3.42. The van der Waals surface area contributed by atoms with Crippen LogP contribution < -0.4 is 0 Å². The van der Waals surface area contributed by atoms with Crippen molar-refractivity contribution in [1.82, 2.24) is 0 Å². The van der Waals surface area contributed by atoms with E-state index in [0.717, 1.165) is 0 Å². The average Bonchev–Trinajstić information content (AvgIpc) is 2.81. The average molecular weight is 285 g/mol. The van der Waals surface area contributed by atoms with E-state index >= 15 is 0 Å². The molecule has 92 valence electrons. The number of ketones is 1. The summed E-state index contributed by atoms with van der Waals surface area (Å²) in [6.45, 7) is 0. The molecule has 0 aliphatic carbocycles. The summed E-state index contributed by atoms with van der Waals surface area (Å²) in [6.07, 6.45) is 0. The Hall–Kier alpha value is -1.78. The number of hydrogen-bond acceptors (Lipinski definition) is 3. The van der Waals surface area contributed by atoms with Crippen molar-refractivity contribution in [2.24, 2.45) is 0 Å². The highest BCUT2D eigenvalue weighted by Crippen LogP contribution is 2.24. The van der Waals surface area contributed by atoms with Gasteiger partial charge in [0.15, 0.2) is 5.76 Å². The first-order valence-corrected chi connectivity index (χ1v) is 5.57. The van der Waals surface area contributed by atoms with Crippen LogP contribution in [0.2, 0.25) is 10.0 Å². The lowest BCUT2D eigenvalue weighted by molar-refractivity contribution is 0.0660. The first-order chi connectivity index (χ1) is 8.49. The van der Waals surface area contributed by atoms with Gasteiger partial charge in [0.1, 0.15) is 0 Å². The number of carboxylic acid groups (broad SMARTS) is 1. The Morgan fingerprint density at radius 1 is 1.06 bits per heavy atom. The third kappa shape index (κ3) is 2.39. The largest absolute Gasteiger partial charge is 0.475 e. The maximum atomic E-state index is 12.0. The van der Waals surface area contributed by atoms with Gasteiger partial charge in [-0.15, -0.1) is 0 Å². The Labute approximate surface area is 112 Å². The number of benzene rings is 1. The molecule has 6 heteroatoms. The quantitative estimate of drug-likeness (QED) is 0.876. The van der Waals surface area contributed by atoms with Gasteiger partial charge in [-0.1, -0.05) is 23.2 Å². The molecular formula is C12H6Cl2O4. The van der Waals surface area contributed by atoms with Gasteiger partial charge in [0.25, 0.3) is 0 Å². The molecule has 18 heavy (non-hydrogen) atoms. The molecule has 0 amide bonds. The summed E-state index contributed by atoms with van der Waals surface area (Å²) in [4.78, 5) is 22.7. The maximum absolute atomic E-state index is 12.0. The molecule has 0 saturated heterocycles. The standard InChI is InChI=1S/C12H6Cl2O4/c13-6-1-2-8(14)7(5-6)11(15)9-3-4-10(18-9)12(16)17/h1-5H,(H,16,17). The zero-order chi connectivity index (χ0) is 13.3. The monoisotopic (exact) mass is 284 g/mol. The molecule has 0 atom stereocenters. The molecule has 0 aliphatic rings. The SMILES string of the molecule is O=C(O)c1ccc(C(=O)c2cc(Cl)ccc2Cl)o1. The molecule has 0 unspecified atom stereocenters. The number of carbonyl (C=O) groups is 2. The third-order valence-electron chi connectivity index (χ3n) is 2.21. The number of hydrogen-bond donors (Lipinski definition) is 1. The normalized spacial score (nSPS) is 10.3. The topological polar surface area (TPSA) is 67.5 Å². The van der Waals surface area contributed by atoms with Crippen LogP contribution in [0.3, 0.4) is 0 Å². The molecule has 0 spiro atoms. The van der Waals surface area contributed by atoms with Crippen molar-refractivity contribution in [3.8, 4) is 0 Å². The van der Waals surface area contributed by atoms with Gasteiger partial charge in [-0.2, -0.15) is 0 Å². The summed E-state index contributed by atoms with van der Waals surface area (Å²) in [5.74, 6) is -2.17. The minimum Gasteiger partial charge on any atom is -0.475 e. The van der Waals surface area contributed by atoms with Crippen LogP contribution in [0.4, 0.5) is 0 Å². The minimum atomic E-state index is -1.24. The fourth-order valence-electron chi connectivity index (χ4n) is 1.38. The van der Waals surface area contributed by atoms with Crippen molar-refractivity contribution in [2.75, 3.05) is 0 Å². The molecule has 2 aromatic rings. The van der Waals surface area contributed by atoms with E-state index < -0.39 is 11.8 Å². The van der Waals surface area contributed by atoms with E-state index in [1.54, 1.807) is 6.07 Å². The first-order valence-electron chi connectivity index (χ1n) is 4.82. The van der Waals surface area contributed by atoms with E-state index in [0.29, 0.717) is 5.02 Å². The molecule has 1 aromatic carbocycles. The molecule has 1 heterocycles. The lowest BCUT2D eigenvalue weighted by atomic mass is 10.1. The van der Waals surface area contributed by atoms with Crippen LogP contribution in [-0.4, -0.2) is 16.9 Å². The van der Waals surface area contributed by atoms with E-state index in [1.807, 2.05) is 0 Å². The molecule has 1 aromatic heterocycles. The van der Waals surface area contributed by atoms with E-state index in [9.17, 15) is 9.59 Å². The lowest BCUT2D eigenvalue weighted by Gasteiger charge is -2.01. The van der Waals surface area contributed by atoms with E-state index in [2.05, 4.69) is 0 Å². The van der Waals surface area contributed by atoms with E-state index in [4.69, 9.17) is 32.7 Å². The molecule has 0 bridgehead atoms. The van der Waals surface area contributed by atoms with Gasteiger partial charge in [-0.05, 0) is 30.3 Å². The highest BCUT2D eigenvalue weighted by atomic mass is 35.5. The molecule has 4 nitrogen and oxygen atoms in total. The Morgan fingerprint density at radius 2 is 1.72 bits per heavy atom. The fraction of sp³-hybridized carbons (Fsp3) is 0. The number of carboxylic acids is 1. The predicted octanol–water partition coefficient (Wildman–Crippen LogP) is 3.52. The van der Waals surface area contributed by atoms with Gasteiger partial charge >= 0.3 is 5.97 Å². The van der Waals surface area contributed by atoms with Gasteiger partial charge in [0.05, 0.1) is 5.02 Å². The van der Waals surface area contributed by atoms with Crippen molar-refractivity contribution in [2.45, 2.75) is 0 Å². The van der Waals surface area contributed by atoms with Crippen LogP contribution in [0.5, 0.6) is 0 Å². The predicted molar refractivity (Wildman–Crippen MR) is 65.6 cm³/mol. The van der Waals surface area contributed by atoms with Crippen LogP contribution in [0.15, 0.2) is 34.7 Å². The molecule has 0 saturated carbocycles. The second kappa shape index (κ2) is 4.84. The minimum absolute atomic E-state index is 0.100. The smallest absolute Gasteiger partial charge is 0.371 e. The molecular weight excluding hydrogens is 279 g/mol. The van der Waals surface area contributed by atoms with Crippen LogP contribution in [0.1, 0.15) is 26.7 Å². The zero-order valence-corrected chi connectivity index (χ0v) is 10.3. The summed E-state index contributed by atoms with van der Waals surface area (Å²) in [7, 11) is 0. The van der Waals surface area contributed by atoms with E-state index in [-0.39, 0.29) is 22.1 Å². The van der Waals surface area contributed by atoms with Crippen LogP contribution in [-0.2, 0) is 0 Å². The van der Waals surface area contributed by atoms with Gasteiger partial charge in [-0.3, -0.25) is 4.79 Å². The number of rotatable bonds is 3. The summed E-state index contributed by atoms with van der Waals surface area (Å²) in [5, 5.41) is 9.27. The van der Waals surface area contributed by atoms with Crippen molar-refractivity contribution >= 4 is 35.0 Å². The number of furan rings is 1. The van der Waals surface area contributed by atoms with Crippen molar-refractivity contribution < 1.29 is 19.1 Å². The summed E-state index contributed by atoms with van der Waals surface area (Å²) >= 11 is 11.6. The van der Waals surface area contributed by atoms with Crippen LogP contribution in [0.25, 0.3) is 0 Å². The number of aromatic carboxylic acids is 1. The van der Waals surface area contributed by atoms with Crippen molar-refractivity contribution in [3.63, 3.8) is 0 Å². The molecule has 0 radical (unpaired) electrons. The highest BCUT2D eigenvalue weighted by Gasteiger charge is 2.19. The van der Waals surface area contributed by atoms with Gasteiger partial charge in [0, 0.05) is 10.6 Å². The first kappa shape index (κ1) is 12.7.